The number of carbonyl (C=O) groups is 2. The zero-order chi connectivity index (χ0) is 15.6. The first-order chi connectivity index (χ1) is 9.88. The Labute approximate surface area is 130 Å². The number of nitrogens with zero attached hydrogens (tertiary/aromatic N) is 1. The highest BCUT2D eigenvalue weighted by atomic mass is 79.9. The van der Waals surface area contributed by atoms with Crippen LogP contribution in [0.3, 0.4) is 0 Å². The lowest BCUT2D eigenvalue weighted by Crippen LogP contribution is -2.15. The quantitative estimate of drug-likeness (QED) is 0.890. The van der Waals surface area contributed by atoms with Gasteiger partial charge in [0.2, 0.25) is 0 Å². The summed E-state index contributed by atoms with van der Waals surface area (Å²) in [6.45, 7) is 3.48. The van der Waals surface area contributed by atoms with Crippen LogP contribution in [0.25, 0.3) is 0 Å². The standard InChI is InChI=1S/C15H13BrN2O3/c1-8-3-5-11(16)13(7-8)18-14(19)12-6-4-10(15(20)21)9(2)17-12/h3-7H,1-2H3,(H,18,19)(H,20,21). The van der Waals surface area contributed by atoms with Gasteiger partial charge in [-0.25, -0.2) is 9.78 Å². The number of aromatic nitrogens is 1. The number of anilines is 1. The highest BCUT2D eigenvalue weighted by Gasteiger charge is 2.14. The van der Waals surface area contributed by atoms with Crippen LogP contribution in [0.5, 0.6) is 0 Å². The van der Waals surface area contributed by atoms with Gasteiger partial charge in [0, 0.05) is 4.47 Å². The topological polar surface area (TPSA) is 79.3 Å². The monoisotopic (exact) mass is 348 g/mol. The Bertz CT molecular complexity index is 729. The second kappa shape index (κ2) is 6.05. The van der Waals surface area contributed by atoms with E-state index < -0.39 is 5.97 Å². The van der Waals surface area contributed by atoms with E-state index in [1.165, 1.54) is 12.1 Å². The minimum absolute atomic E-state index is 0.0864. The van der Waals surface area contributed by atoms with E-state index in [1.807, 2.05) is 25.1 Å². The SMILES string of the molecule is Cc1ccc(Br)c(NC(=O)c2ccc(C(=O)O)c(C)n2)c1. The van der Waals surface area contributed by atoms with E-state index in [-0.39, 0.29) is 17.2 Å². The number of pyridine rings is 1. The van der Waals surface area contributed by atoms with Crippen molar-refractivity contribution in [3.63, 3.8) is 0 Å². The first-order valence-corrected chi connectivity index (χ1v) is 6.96. The van der Waals surface area contributed by atoms with Gasteiger partial charge in [-0.15, -0.1) is 0 Å². The van der Waals surface area contributed by atoms with E-state index in [0.717, 1.165) is 10.0 Å². The number of rotatable bonds is 3. The van der Waals surface area contributed by atoms with Gasteiger partial charge in [0.15, 0.2) is 0 Å². The molecule has 1 heterocycles. The molecule has 108 valence electrons. The third-order valence-electron chi connectivity index (χ3n) is 2.92. The van der Waals surface area contributed by atoms with Crippen molar-refractivity contribution in [2.75, 3.05) is 5.32 Å². The molecule has 2 rings (SSSR count). The van der Waals surface area contributed by atoms with Gasteiger partial charge in [-0.2, -0.15) is 0 Å². The molecule has 0 aliphatic heterocycles. The van der Waals surface area contributed by atoms with Crippen molar-refractivity contribution < 1.29 is 14.7 Å². The molecule has 5 nitrogen and oxygen atoms in total. The molecule has 6 heteroatoms. The minimum atomic E-state index is -1.06. The molecule has 0 fully saturated rings. The molecule has 1 amide bonds. The van der Waals surface area contributed by atoms with Crippen LogP contribution in [-0.2, 0) is 0 Å². The van der Waals surface area contributed by atoms with Crippen molar-refractivity contribution >= 4 is 33.5 Å². The van der Waals surface area contributed by atoms with Gasteiger partial charge in [0.25, 0.3) is 5.91 Å². The van der Waals surface area contributed by atoms with Crippen LogP contribution in [0.4, 0.5) is 5.69 Å². The molecule has 0 saturated carbocycles. The average molecular weight is 349 g/mol. The number of carboxylic acids is 1. The normalized spacial score (nSPS) is 10.2. The fourth-order valence-electron chi connectivity index (χ4n) is 1.83. The molecule has 0 aliphatic carbocycles. The summed E-state index contributed by atoms with van der Waals surface area (Å²) < 4.78 is 0.764. The second-order valence-electron chi connectivity index (χ2n) is 4.57. The molecule has 0 spiro atoms. The first-order valence-electron chi connectivity index (χ1n) is 6.17. The molecule has 2 N–H and O–H groups in total. The Morgan fingerprint density at radius 3 is 2.52 bits per heavy atom. The van der Waals surface area contributed by atoms with E-state index in [4.69, 9.17) is 5.11 Å². The lowest BCUT2D eigenvalue weighted by atomic mass is 10.1. The lowest BCUT2D eigenvalue weighted by molar-refractivity contribution is 0.0695. The largest absolute Gasteiger partial charge is 0.478 e. The lowest BCUT2D eigenvalue weighted by Gasteiger charge is -2.09. The molecule has 0 saturated heterocycles. The Hall–Kier alpha value is -2.21. The molecular weight excluding hydrogens is 336 g/mol. The molecule has 21 heavy (non-hydrogen) atoms. The number of nitrogens with one attached hydrogen (secondary N) is 1. The number of aryl methyl sites for hydroxylation is 2. The number of aromatic carboxylic acids is 1. The molecular formula is C15H13BrN2O3. The Kier molecular flexibility index (Phi) is 4.37. The summed E-state index contributed by atoms with van der Waals surface area (Å²) in [5, 5.41) is 11.7. The fraction of sp³-hybridized carbons (Fsp3) is 0.133. The van der Waals surface area contributed by atoms with Crippen LogP contribution < -0.4 is 5.32 Å². The molecule has 0 bridgehead atoms. The molecule has 0 atom stereocenters. The van der Waals surface area contributed by atoms with Gasteiger partial charge < -0.3 is 10.4 Å². The number of hydrogen-bond donors (Lipinski definition) is 2. The number of halogens is 1. The van der Waals surface area contributed by atoms with E-state index in [2.05, 4.69) is 26.2 Å². The first kappa shape index (κ1) is 15.2. The van der Waals surface area contributed by atoms with Crippen molar-refractivity contribution in [3.8, 4) is 0 Å². The fourth-order valence-corrected chi connectivity index (χ4v) is 2.18. The summed E-state index contributed by atoms with van der Waals surface area (Å²) in [6, 6.07) is 8.38. The van der Waals surface area contributed by atoms with Crippen LogP contribution >= 0.6 is 15.9 Å². The highest BCUT2D eigenvalue weighted by Crippen LogP contribution is 2.23. The summed E-state index contributed by atoms with van der Waals surface area (Å²) >= 11 is 3.36. The predicted octanol–water partition coefficient (Wildman–Crippen LogP) is 3.41. The van der Waals surface area contributed by atoms with Gasteiger partial charge in [0.1, 0.15) is 5.69 Å². The summed E-state index contributed by atoms with van der Waals surface area (Å²) in [5.74, 6) is -1.45. The zero-order valence-electron chi connectivity index (χ0n) is 11.5. The molecule has 2 aromatic rings. The van der Waals surface area contributed by atoms with E-state index >= 15 is 0 Å². The van der Waals surface area contributed by atoms with Crippen molar-refractivity contribution in [2.24, 2.45) is 0 Å². The van der Waals surface area contributed by atoms with Gasteiger partial charge in [-0.3, -0.25) is 4.79 Å². The van der Waals surface area contributed by atoms with Crippen LogP contribution in [0.15, 0.2) is 34.8 Å². The van der Waals surface area contributed by atoms with Gasteiger partial charge >= 0.3 is 5.97 Å². The van der Waals surface area contributed by atoms with Gasteiger partial charge in [0.05, 0.1) is 16.9 Å². The summed E-state index contributed by atoms with van der Waals surface area (Å²) in [6.07, 6.45) is 0. The summed E-state index contributed by atoms with van der Waals surface area (Å²) in [4.78, 5) is 27.1. The highest BCUT2D eigenvalue weighted by molar-refractivity contribution is 9.10. The van der Waals surface area contributed by atoms with Crippen LogP contribution in [0, 0.1) is 13.8 Å². The van der Waals surface area contributed by atoms with Gasteiger partial charge in [-0.05, 0) is 59.6 Å². The number of amides is 1. The molecule has 1 aromatic heterocycles. The van der Waals surface area contributed by atoms with Crippen LogP contribution in [0.2, 0.25) is 0 Å². The maximum Gasteiger partial charge on any atom is 0.337 e. The summed E-state index contributed by atoms with van der Waals surface area (Å²) in [5.41, 5.74) is 2.22. The van der Waals surface area contributed by atoms with Crippen molar-refractivity contribution in [2.45, 2.75) is 13.8 Å². The molecule has 0 unspecified atom stereocenters. The number of carboxylic acid groups (broad SMARTS) is 1. The van der Waals surface area contributed by atoms with E-state index in [0.29, 0.717) is 11.4 Å². The number of hydrogen-bond acceptors (Lipinski definition) is 3. The average Bonchev–Trinajstić information content (AvgIpc) is 2.42. The third-order valence-corrected chi connectivity index (χ3v) is 3.61. The molecule has 0 aliphatic rings. The van der Waals surface area contributed by atoms with Gasteiger partial charge in [-0.1, -0.05) is 6.07 Å². The second-order valence-corrected chi connectivity index (χ2v) is 5.43. The van der Waals surface area contributed by atoms with Crippen LogP contribution in [0.1, 0.15) is 32.1 Å². The van der Waals surface area contributed by atoms with Crippen molar-refractivity contribution in [3.05, 3.63) is 57.3 Å². The van der Waals surface area contributed by atoms with E-state index in [1.54, 1.807) is 6.92 Å². The molecule has 0 radical (unpaired) electrons. The maximum atomic E-state index is 12.2. The third kappa shape index (κ3) is 3.46. The molecule has 1 aromatic carbocycles. The van der Waals surface area contributed by atoms with Crippen molar-refractivity contribution in [1.29, 1.82) is 0 Å². The zero-order valence-corrected chi connectivity index (χ0v) is 13.1. The summed E-state index contributed by atoms with van der Waals surface area (Å²) in [7, 11) is 0. The van der Waals surface area contributed by atoms with E-state index in [9.17, 15) is 9.59 Å². The number of benzene rings is 1. The van der Waals surface area contributed by atoms with Crippen molar-refractivity contribution in [1.82, 2.24) is 4.98 Å². The number of carbonyl (C=O) groups excluding carboxylic acids is 1. The predicted molar refractivity (Wildman–Crippen MR) is 82.8 cm³/mol. The Morgan fingerprint density at radius 1 is 1.19 bits per heavy atom. The minimum Gasteiger partial charge on any atom is -0.478 e. The van der Waals surface area contributed by atoms with Crippen LogP contribution in [-0.4, -0.2) is 22.0 Å². The Morgan fingerprint density at radius 2 is 1.90 bits per heavy atom. The Balaban J connectivity index is 2.26. The maximum absolute atomic E-state index is 12.2. The smallest absolute Gasteiger partial charge is 0.337 e.